The Labute approximate surface area is 140 Å². The standard InChI is InChI=1S/C15H24N6O3/c1-12(22)19-7-3-15(4-8-19)9-13(14(23)24)20(10-15)5-2-6-21-11-16-17-18-21/h11,13H,2-10H2,1H3,(H,23,24)/t13-/m1/s1. The monoisotopic (exact) mass is 336 g/mol. The Morgan fingerprint density at radius 3 is 2.62 bits per heavy atom. The van der Waals surface area contributed by atoms with Crippen molar-refractivity contribution >= 4 is 11.9 Å². The molecule has 9 heteroatoms. The molecule has 1 amide bonds. The van der Waals surface area contributed by atoms with Crippen LogP contribution in [0.2, 0.25) is 0 Å². The van der Waals surface area contributed by atoms with Gasteiger partial charge >= 0.3 is 5.97 Å². The lowest BCUT2D eigenvalue weighted by atomic mass is 9.76. The van der Waals surface area contributed by atoms with Crippen LogP contribution in [-0.4, -0.2) is 79.2 Å². The summed E-state index contributed by atoms with van der Waals surface area (Å²) in [5, 5.41) is 20.6. The van der Waals surface area contributed by atoms with E-state index in [0.717, 1.165) is 45.4 Å². The first-order valence-electron chi connectivity index (χ1n) is 8.42. The number of amides is 1. The number of carbonyl (C=O) groups is 2. The number of aliphatic carboxylic acids is 1. The van der Waals surface area contributed by atoms with Gasteiger partial charge in [-0.2, -0.15) is 0 Å². The first kappa shape index (κ1) is 16.8. The number of carbonyl (C=O) groups excluding carboxylic acids is 1. The maximum Gasteiger partial charge on any atom is 0.320 e. The van der Waals surface area contributed by atoms with E-state index in [2.05, 4.69) is 20.4 Å². The van der Waals surface area contributed by atoms with E-state index in [9.17, 15) is 14.7 Å². The van der Waals surface area contributed by atoms with E-state index in [0.29, 0.717) is 13.0 Å². The van der Waals surface area contributed by atoms with Crippen molar-refractivity contribution in [1.29, 1.82) is 0 Å². The van der Waals surface area contributed by atoms with Gasteiger partial charge < -0.3 is 10.0 Å². The molecule has 0 saturated carbocycles. The molecule has 1 aromatic heterocycles. The minimum Gasteiger partial charge on any atom is -0.480 e. The minimum atomic E-state index is -0.747. The molecule has 0 aromatic carbocycles. The van der Waals surface area contributed by atoms with Crippen molar-refractivity contribution in [2.24, 2.45) is 5.41 Å². The van der Waals surface area contributed by atoms with Crippen LogP contribution in [0, 0.1) is 5.41 Å². The molecule has 3 rings (SSSR count). The van der Waals surface area contributed by atoms with E-state index >= 15 is 0 Å². The Kier molecular flexibility index (Phi) is 4.79. The highest BCUT2D eigenvalue weighted by Crippen LogP contribution is 2.43. The smallest absolute Gasteiger partial charge is 0.320 e. The van der Waals surface area contributed by atoms with Gasteiger partial charge in [0.1, 0.15) is 12.4 Å². The lowest BCUT2D eigenvalue weighted by Crippen LogP contribution is -2.43. The van der Waals surface area contributed by atoms with Crippen LogP contribution in [0.5, 0.6) is 0 Å². The van der Waals surface area contributed by atoms with Crippen molar-refractivity contribution in [3.05, 3.63) is 6.33 Å². The molecule has 0 bridgehead atoms. The Hall–Kier alpha value is -2.03. The van der Waals surface area contributed by atoms with Crippen molar-refractivity contribution in [3.8, 4) is 0 Å². The zero-order valence-electron chi connectivity index (χ0n) is 14.0. The molecule has 2 aliphatic heterocycles. The summed E-state index contributed by atoms with van der Waals surface area (Å²) in [7, 11) is 0. The Balaban J connectivity index is 1.57. The zero-order valence-corrected chi connectivity index (χ0v) is 14.0. The third-order valence-corrected chi connectivity index (χ3v) is 5.38. The number of rotatable bonds is 5. The summed E-state index contributed by atoms with van der Waals surface area (Å²) >= 11 is 0. The van der Waals surface area contributed by atoms with Crippen LogP contribution in [0.3, 0.4) is 0 Å². The fourth-order valence-corrected chi connectivity index (χ4v) is 4.00. The van der Waals surface area contributed by atoms with Crippen molar-refractivity contribution in [3.63, 3.8) is 0 Å². The predicted molar refractivity (Wildman–Crippen MR) is 84.0 cm³/mol. The average molecular weight is 336 g/mol. The first-order chi connectivity index (χ1) is 11.5. The van der Waals surface area contributed by atoms with E-state index in [1.54, 1.807) is 17.9 Å². The third kappa shape index (κ3) is 3.55. The predicted octanol–water partition coefficient (Wildman–Crippen LogP) is -0.149. The molecule has 0 aliphatic carbocycles. The fraction of sp³-hybridized carbons (Fsp3) is 0.800. The summed E-state index contributed by atoms with van der Waals surface area (Å²) in [6.07, 6.45) is 4.83. The molecule has 1 N–H and O–H groups in total. The zero-order chi connectivity index (χ0) is 17.2. The quantitative estimate of drug-likeness (QED) is 0.797. The molecule has 2 fully saturated rings. The lowest BCUT2D eigenvalue weighted by molar-refractivity contribution is -0.142. The third-order valence-electron chi connectivity index (χ3n) is 5.38. The van der Waals surface area contributed by atoms with Gasteiger partial charge in [0.25, 0.3) is 0 Å². The summed E-state index contributed by atoms with van der Waals surface area (Å²) in [5.41, 5.74) is 0.0316. The van der Waals surface area contributed by atoms with Gasteiger partial charge in [0.2, 0.25) is 5.91 Å². The Morgan fingerprint density at radius 1 is 1.29 bits per heavy atom. The van der Waals surface area contributed by atoms with Gasteiger partial charge in [0.05, 0.1) is 0 Å². The number of tetrazole rings is 1. The van der Waals surface area contributed by atoms with Gasteiger partial charge in [-0.05, 0) is 41.5 Å². The Morgan fingerprint density at radius 2 is 2.04 bits per heavy atom. The second-order valence-electron chi connectivity index (χ2n) is 6.96. The molecule has 2 saturated heterocycles. The molecule has 0 unspecified atom stereocenters. The molecular weight excluding hydrogens is 312 g/mol. The summed E-state index contributed by atoms with van der Waals surface area (Å²) in [4.78, 5) is 27.1. The second kappa shape index (κ2) is 6.84. The van der Waals surface area contributed by atoms with Gasteiger partial charge in [-0.3, -0.25) is 14.5 Å². The van der Waals surface area contributed by atoms with Crippen LogP contribution in [0.25, 0.3) is 0 Å². The van der Waals surface area contributed by atoms with Gasteiger partial charge in [-0.15, -0.1) is 5.10 Å². The summed E-state index contributed by atoms with van der Waals surface area (Å²) in [5.74, 6) is -0.640. The number of aromatic nitrogens is 4. The fourth-order valence-electron chi connectivity index (χ4n) is 4.00. The molecule has 9 nitrogen and oxygen atoms in total. The van der Waals surface area contributed by atoms with Crippen LogP contribution in [0.15, 0.2) is 6.33 Å². The number of nitrogens with zero attached hydrogens (tertiary/aromatic N) is 6. The normalized spacial score (nSPS) is 23.7. The molecule has 3 heterocycles. The maximum absolute atomic E-state index is 11.7. The van der Waals surface area contributed by atoms with Crippen LogP contribution in [-0.2, 0) is 16.1 Å². The molecule has 132 valence electrons. The summed E-state index contributed by atoms with van der Waals surface area (Å²) < 4.78 is 1.66. The second-order valence-corrected chi connectivity index (χ2v) is 6.96. The highest BCUT2D eigenvalue weighted by molar-refractivity contribution is 5.74. The molecule has 1 atom stereocenters. The number of carboxylic acids is 1. The summed E-state index contributed by atoms with van der Waals surface area (Å²) in [6, 6.07) is -0.428. The van der Waals surface area contributed by atoms with Gasteiger partial charge in [-0.1, -0.05) is 0 Å². The number of hydrogen-bond donors (Lipinski definition) is 1. The maximum atomic E-state index is 11.7. The van der Waals surface area contributed by atoms with Gasteiger partial charge in [-0.25, -0.2) is 4.68 Å². The number of hydrogen-bond acceptors (Lipinski definition) is 6. The van der Waals surface area contributed by atoms with E-state index in [-0.39, 0.29) is 11.3 Å². The SMILES string of the molecule is CC(=O)N1CCC2(CC1)C[C@H](C(=O)O)N(CCCn1cnnn1)C2. The molecule has 2 aliphatic rings. The number of likely N-dealkylation sites (tertiary alicyclic amines) is 2. The van der Waals surface area contributed by atoms with Crippen LogP contribution < -0.4 is 0 Å². The van der Waals surface area contributed by atoms with Crippen LogP contribution in [0.1, 0.15) is 32.6 Å². The molecular formula is C15H24N6O3. The largest absolute Gasteiger partial charge is 0.480 e. The van der Waals surface area contributed by atoms with Crippen molar-refractivity contribution < 1.29 is 14.7 Å². The van der Waals surface area contributed by atoms with Crippen molar-refractivity contribution in [1.82, 2.24) is 30.0 Å². The molecule has 0 radical (unpaired) electrons. The highest BCUT2D eigenvalue weighted by Gasteiger charge is 2.47. The number of carboxylic acid groups (broad SMARTS) is 1. The van der Waals surface area contributed by atoms with Gasteiger partial charge in [0.15, 0.2) is 0 Å². The average Bonchev–Trinajstić information content (AvgIpc) is 3.17. The number of piperidine rings is 1. The lowest BCUT2D eigenvalue weighted by Gasteiger charge is -2.39. The van der Waals surface area contributed by atoms with Crippen molar-refractivity contribution in [2.75, 3.05) is 26.2 Å². The van der Waals surface area contributed by atoms with Crippen LogP contribution in [0.4, 0.5) is 0 Å². The molecule has 1 spiro atoms. The van der Waals surface area contributed by atoms with Crippen LogP contribution >= 0.6 is 0 Å². The first-order valence-corrected chi connectivity index (χ1v) is 8.42. The van der Waals surface area contributed by atoms with E-state index in [1.807, 2.05) is 4.90 Å². The Bertz CT molecular complexity index is 582. The number of aryl methyl sites for hydroxylation is 1. The summed E-state index contributed by atoms with van der Waals surface area (Å²) in [6.45, 7) is 5.26. The van der Waals surface area contributed by atoms with E-state index < -0.39 is 12.0 Å². The minimum absolute atomic E-state index is 0.0316. The molecule has 1 aromatic rings. The topological polar surface area (TPSA) is 104 Å². The van der Waals surface area contributed by atoms with E-state index in [4.69, 9.17) is 0 Å². The van der Waals surface area contributed by atoms with E-state index in [1.165, 1.54) is 0 Å². The van der Waals surface area contributed by atoms with Gasteiger partial charge in [0, 0.05) is 39.6 Å². The molecule has 24 heavy (non-hydrogen) atoms. The van der Waals surface area contributed by atoms with Crippen molar-refractivity contribution in [2.45, 2.75) is 45.2 Å². The highest BCUT2D eigenvalue weighted by atomic mass is 16.4.